The van der Waals surface area contributed by atoms with Gasteiger partial charge in [-0.2, -0.15) is 5.11 Å². The predicted molar refractivity (Wildman–Crippen MR) is 32.9 cm³/mol. The lowest BCUT2D eigenvalue weighted by Gasteiger charge is -1.87. The Balaban J connectivity index is 2.92. The quantitative estimate of drug-likeness (QED) is 0.524. The zero-order valence-electron chi connectivity index (χ0n) is 5.51. The second kappa shape index (κ2) is 2.09. The highest BCUT2D eigenvalue weighted by molar-refractivity contribution is 5.95. The molecule has 0 bridgehead atoms. The van der Waals surface area contributed by atoms with Crippen LogP contribution >= 0.6 is 0 Å². The molecule has 3 nitrogen and oxygen atoms in total. The minimum Gasteiger partial charge on any atom is -0.265 e. The van der Waals surface area contributed by atoms with E-state index in [9.17, 15) is 4.79 Å². The zero-order chi connectivity index (χ0) is 6.85. The van der Waals surface area contributed by atoms with E-state index in [-0.39, 0.29) is 5.91 Å². The van der Waals surface area contributed by atoms with Gasteiger partial charge in [-0.3, -0.25) is 4.79 Å². The van der Waals surface area contributed by atoms with E-state index >= 15 is 0 Å². The normalized spacial score (nSPS) is 17.8. The van der Waals surface area contributed by atoms with Crippen LogP contribution in [0.2, 0.25) is 0 Å². The fourth-order valence-electron chi connectivity index (χ4n) is 0.715. The van der Waals surface area contributed by atoms with Crippen LogP contribution in [-0.4, -0.2) is 5.91 Å². The van der Waals surface area contributed by atoms with Crippen LogP contribution < -0.4 is 0 Å². The van der Waals surface area contributed by atoms with Crippen molar-refractivity contribution in [3.8, 4) is 0 Å². The van der Waals surface area contributed by atoms with Crippen LogP contribution in [0, 0.1) is 0 Å². The molecule has 48 valence electrons. The summed E-state index contributed by atoms with van der Waals surface area (Å²) in [6, 6.07) is 0. The van der Waals surface area contributed by atoms with Gasteiger partial charge in [0.2, 0.25) is 0 Å². The topological polar surface area (TPSA) is 41.8 Å². The van der Waals surface area contributed by atoms with Crippen LogP contribution in [0.15, 0.2) is 21.5 Å². The summed E-state index contributed by atoms with van der Waals surface area (Å²) in [5.74, 6) is -0.188. The third-order valence-corrected chi connectivity index (χ3v) is 1.35. The summed E-state index contributed by atoms with van der Waals surface area (Å²) in [6.45, 7) is 3.71. The van der Waals surface area contributed by atoms with Gasteiger partial charge in [-0.15, -0.1) is 5.11 Å². The summed E-state index contributed by atoms with van der Waals surface area (Å²) >= 11 is 0. The highest BCUT2D eigenvalue weighted by Crippen LogP contribution is 2.17. The average Bonchev–Trinajstić information content (AvgIpc) is 2.15. The number of hydrogen-bond acceptors (Lipinski definition) is 2. The molecule has 1 aliphatic rings. The second-order valence-electron chi connectivity index (χ2n) is 1.93. The van der Waals surface area contributed by atoms with Crippen molar-refractivity contribution in [2.75, 3.05) is 0 Å². The lowest BCUT2D eigenvalue weighted by molar-refractivity contribution is -0.114. The fraction of sp³-hybridized carbons (Fsp3) is 0.500. The van der Waals surface area contributed by atoms with Gasteiger partial charge in [0.15, 0.2) is 0 Å². The van der Waals surface area contributed by atoms with Gasteiger partial charge < -0.3 is 0 Å². The molecule has 0 saturated heterocycles. The van der Waals surface area contributed by atoms with Gasteiger partial charge in [0.1, 0.15) is 0 Å². The molecule has 0 saturated carbocycles. The zero-order valence-corrected chi connectivity index (χ0v) is 5.51. The van der Waals surface area contributed by atoms with Crippen molar-refractivity contribution in [2.24, 2.45) is 10.2 Å². The van der Waals surface area contributed by atoms with E-state index in [0.717, 1.165) is 12.1 Å². The molecule has 1 rings (SSSR count). The molecule has 0 radical (unpaired) electrons. The lowest BCUT2D eigenvalue weighted by Crippen LogP contribution is -1.89. The maximum absolute atomic E-state index is 10.6. The summed E-state index contributed by atoms with van der Waals surface area (Å²) < 4.78 is 0. The Morgan fingerprint density at radius 2 is 2.11 bits per heavy atom. The summed E-state index contributed by atoms with van der Waals surface area (Å²) in [7, 11) is 0. The molecule has 1 amide bonds. The molecule has 0 N–H and O–H groups in total. The van der Waals surface area contributed by atoms with E-state index in [1.807, 2.05) is 6.92 Å². The molecule has 0 aromatic rings. The largest absolute Gasteiger partial charge is 0.292 e. The first kappa shape index (κ1) is 6.13. The van der Waals surface area contributed by atoms with E-state index in [1.54, 1.807) is 6.92 Å². The number of carbonyl (C=O) groups is 1. The molecule has 0 fully saturated rings. The van der Waals surface area contributed by atoms with Gasteiger partial charge in [0.05, 0.1) is 5.70 Å². The first-order valence-electron chi connectivity index (χ1n) is 2.91. The highest BCUT2D eigenvalue weighted by atomic mass is 16.2. The number of hydrogen-bond donors (Lipinski definition) is 0. The van der Waals surface area contributed by atoms with E-state index in [1.165, 1.54) is 0 Å². The molecular formula is C6H8N2O. The number of azo groups is 1. The molecule has 0 atom stereocenters. The number of carbonyl (C=O) groups excluding carboxylic acids is 1. The Morgan fingerprint density at radius 3 is 2.33 bits per heavy atom. The van der Waals surface area contributed by atoms with Crippen LogP contribution in [0.3, 0.4) is 0 Å². The SMILES string of the molecule is CCC1=C(C)C(=O)N=N1. The maximum Gasteiger partial charge on any atom is 0.292 e. The van der Waals surface area contributed by atoms with Gasteiger partial charge in [-0.25, -0.2) is 0 Å². The van der Waals surface area contributed by atoms with Crippen molar-refractivity contribution >= 4 is 5.91 Å². The Morgan fingerprint density at radius 1 is 1.44 bits per heavy atom. The Kier molecular flexibility index (Phi) is 1.42. The molecule has 9 heavy (non-hydrogen) atoms. The molecule has 0 aromatic carbocycles. The first-order valence-corrected chi connectivity index (χ1v) is 2.91. The van der Waals surface area contributed by atoms with Crippen LogP contribution in [0.5, 0.6) is 0 Å². The molecule has 1 heterocycles. The molecular weight excluding hydrogens is 116 g/mol. The lowest BCUT2D eigenvalue weighted by atomic mass is 10.2. The molecule has 0 aromatic heterocycles. The Hall–Kier alpha value is -0.990. The van der Waals surface area contributed by atoms with Crippen LogP contribution in [0.1, 0.15) is 20.3 Å². The van der Waals surface area contributed by atoms with Crippen LogP contribution in [0.25, 0.3) is 0 Å². The first-order chi connectivity index (χ1) is 4.25. The van der Waals surface area contributed by atoms with Crippen molar-refractivity contribution in [3.05, 3.63) is 11.3 Å². The van der Waals surface area contributed by atoms with Crippen LogP contribution in [-0.2, 0) is 4.79 Å². The third kappa shape index (κ3) is 0.896. The standard InChI is InChI=1S/C6H8N2O/c1-3-5-4(2)6(9)8-7-5/h3H2,1-2H3. The van der Waals surface area contributed by atoms with Gasteiger partial charge in [-0.05, 0) is 13.3 Å². The van der Waals surface area contributed by atoms with E-state index in [4.69, 9.17) is 0 Å². The summed E-state index contributed by atoms with van der Waals surface area (Å²) in [4.78, 5) is 10.6. The molecule has 3 heteroatoms. The fourth-order valence-corrected chi connectivity index (χ4v) is 0.715. The summed E-state index contributed by atoms with van der Waals surface area (Å²) in [5.41, 5.74) is 1.51. The highest BCUT2D eigenvalue weighted by Gasteiger charge is 2.13. The van der Waals surface area contributed by atoms with Crippen molar-refractivity contribution in [1.82, 2.24) is 0 Å². The number of rotatable bonds is 1. The van der Waals surface area contributed by atoms with Crippen molar-refractivity contribution < 1.29 is 4.79 Å². The summed E-state index contributed by atoms with van der Waals surface area (Å²) in [5, 5.41) is 7.05. The smallest absolute Gasteiger partial charge is 0.265 e. The van der Waals surface area contributed by atoms with Crippen molar-refractivity contribution in [2.45, 2.75) is 20.3 Å². The third-order valence-electron chi connectivity index (χ3n) is 1.35. The van der Waals surface area contributed by atoms with Gasteiger partial charge in [-0.1, -0.05) is 6.92 Å². The van der Waals surface area contributed by atoms with Gasteiger partial charge in [0, 0.05) is 5.57 Å². The Bertz CT molecular complexity index is 203. The number of allylic oxidation sites excluding steroid dienone is 1. The Labute approximate surface area is 53.5 Å². The number of nitrogens with zero attached hydrogens (tertiary/aromatic N) is 2. The number of amides is 1. The molecule has 0 aliphatic carbocycles. The minimum absolute atomic E-state index is 0.188. The molecule has 0 unspecified atom stereocenters. The summed E-state index contributed by atoms with van der Waals surface area (Å²) in [6.07, 6.45) is 0.793. The maximum atomic E-state index is 10.6. The van der Waals surface area contributed by atoms with Gasteiger partial charge in [0.25, 0.3) is 5.91 Å². The second-order valence-corrected chi connectivity index (χ2v) is 1.93. The molecule has 1 aliphatic heterocycles. The minimum atomic E-state index is -0.188. The van der Waals surface area contributed by atoms with Crippen molar-refractivity contribution in [1.29, 1.82) is 0 Å². The predicted octanol–water partition coefficient (Wildman–Crippen LogP) is 1.66. The van der Waals surface area contributed by atoms with Crippen LogP contribution in [0.4, 0.5) is 0 Å². The molecule has 0 spiro atoms. The van der Waals surface area contributed by atoms with E-state index < -0.39 is 0 Å². The van der Waals surface area contributed by atoms with Crippen molar-refractivity contribution in [3.63, 3.8) is 0 Å². The average molecular weight is 124 g/mol. The van der Waals surface area contributed by atoms with E-state index in [2.05, 4.69) is 10.2 Å². The van der Waals surface area contributed by atoms with Gasteiger partial charge >= 0.3 is 0 Å². The monoisotopic (exact) mass is 124 g/mol. The van der Waals surface area contributed by atoms with E-state index in [0.29, 0.717) is 5.57 Å².